The average molecular weight is 254 g/mol. The van der Waals surface area contributed by atoms with Gasteiger partial charge in [-0.2, -0.15) is 5.10 Å². The van der Waals surface area contributed by atoms with Gasteiger partial charge in [0.05, 0.1) is 26.2 Å². The highest BCUT2D eigenvalue weighted by Gasteiger charge is 2.33. The number of aromatic nitrogens is 2. The molecule has 1 aromatic rings. The van der Waals surface area contributed by atoms with Gasteiger partial charge in [-0.25, -0.2) is 4.68 Å². The zero-order valence-electron chi connectivity index (χ0n) is 10.8. The van der Waals surface area contributed by atoms with Gasteiger partial charge in [-0.15, -0.1) is 0 Å². The molecule has 0 spiro atoms. The van der Waals surface area contributed by atoms with E-state index in [1.807, 2.05) is 7.05 Å². The van der Waals surface area contributed by atoms with Crippen molar-refractivity contribution >= 4 is 11.7 Å². The maximum Gasteiger partial charge on any atom is 0.232 e. The molecule has 1 aliphatic rings. The van der Waals surface area contributed by atoms with Crippen molar-refractivity contribution in [3.05, 3.63) is 6.07 Å². The quantitative estimate of drug-likeness (QED) is 0.764. The minimum Gasteiger partial charge on any atom is -0.481 e. The lowest BCUT2D eigenvalue weighted by Gasteiger charge is -2.15. The zero-order chi connectivity index (χ0) is 13.1. The number of amides is 1. The normalized spacial score (nSPS) is 23.1. The summed E-state index contributed by atoms with van der Waals surface area (Å²) in [6.45, 7) is 0.988. The van der Waals surface area contributed by atoms with E-state index in [4.69, 9.17) is 9.47 Å². The second kappa shape index (κ2) is 5.36. The van der Waals surface area contributed by atoms with E-state index >= 15 is 0 Å². The van der Waals surface area contributed by atoms with Gasteiger partial charge in [0.25, 0.3) is 0 Å². The Bertz CT molecular complexity index is 432. The second-order valence-corrected chi connectivity index (χ2v) is 4.22. The summed E-state index contributed by atoms with van der Waals surface area (Å²) in [6, 6.07) is 1.73. The molecule has 0 saturated carbocycles. The lowest BCUT2D eigenvalue weighted by atomic mass is 10.0. The molecule has 2 N–H and O–H groups in total. The summed E-state index contributed by atoms with van der Waals surface area (Å²) < 4.78 is 11.9. The topological polar surface area (TPSA) is 77.4 Å². The fourth-order valence-corrected chi connectivity index (χ4v) is 2.02. The first-order valence-electron chi connectivity index (χ1n) is 5.79. The van der Waals surface area contributed by atoms with Gasteiger partial charge < -0.3 is 20.1 Å². The molecule has 1 fully saturated rings. The van der Waals surface area contributed by atoms with Crippen LogP contribution < -0.4 is 15.4 Å². The van der Waals surface area contributed by atoms with Gasteiger partial charge >= 0.3 is 0 Å². The Balaban J connectivity index is 2.02. The van der Waals surface area contributed by atoms with Crippen molar-refractivity contribution in [2.24, 2.45) is 13.0 Å². The van der Waals surface area contributed by atoms with Gasteiger partial charge in [0.1, 0.15) is 0 Å². The molecule has 0 aromatic carbocycles. The van der Waals surface area contributed by atoms with Crippen LogP contribution in [-0.2, 0) is 16.6 Å². The zero-order valence-corrected chi connectivity index (χ0v) is 10.8. The summed E-state index contributed by atoms with van der Waals surface area (Å²) in [6.07, 6.45) is 0. The maximum absolute atomic E-state index is 12.1. The predicted octanol–water partition coefficient (Wildman–Crippen LogP) is -0.398. The van der Waals surface area contributed by atoms with Crippen LogP contribution in [-0.4, -0.2) is 49.1 Å². The number of hydrogen-bond acceptors (Lipinski definition) is 5. The summed E-state index contributed by atoms with van der Waals surface area (Å²) in [5.74, 6) is 0.801. The molecule has 2 unspecified atom stereocenters. The third-order valence-corrected chi connectivity index (χ3v) is 3.09. The molecule has 7 heteroatoms. The number of hydrogen-bond donors (Lipinski definition) is 2. The highest BCUT2D eigenvalue weighted by atomic mass is 16.5. The molecule has 2 rings (SSSR count). The largest absolute Gasteiger partial charge is 0.481 e. The summed E-state index contributed by atoms with van der Waals surface area (Å²) in [4.78, 5) is 12.1. The average Bonchev–Trinajstić information content (AvgIpc) is 2.95. The molecule has 1 aromatic heterocycles. The van der Waals surface area contributed by atoms with E-state index in [-0.39, 0.29) is 17.9 Å². The number of ether oxygens (including phenoxy) is 2. The molecule has 0 bridgehead atoms. The van der Waals surface area contributed by atoms with Gasteiger partial charge in [-0.1, -0.05) is 0 Å². The molecule has 7 nitrogen and oxygen atoms in total. The van der Waals surface area contributed by atoms with E-state index in [2.05, 4.69) is 15.7 Å². The lowest BCUT2D eigenvalue weighted by Crippen LogP contribution is -2.39. The first kappa shape index (κ1) is 12.8. The lowest BCUT2D eigenvalue weighted by molar-refractivity contribution is -0.120. The Morgan fingerprint density at radius 1 is 1.61 bits per heavy atom. The number of carbonyl (C=O) groups excluding carboxylic acids is 1. The van der Waals surface area contributed by atoms with Crippen molar-refractivity contribution in [2.75, 3.05) is 32.7 Å². The van der Waals surface area contributed by atoms with E-state index in [9.17, 15) is 4.79 Å². The fourth-order valence-electron chi connectivity index (χ4n) is 2.02. The van der Waals surface area contributed by atoms with Crippen molar-refractivity contribution in [2.45, 2.75) is 6.04 Å². The van der Waals surface area contributed by atoms with Crippen LogP contribution in [0.15, 0.2) is 6.07 Å². The molecule has 1 saturated heterocycles. The van der Waals surface area contributed by atoms with Gasteiger partial charge in [0.15, 0.2) is 5.82 Å². The first-order chi connectivity index (χ1) is 8.65. The summed E-state index contributed by atoms with van der Waals surface area (Å²) >= 11 is 0. The Hall–Kier alpha value is -1.60. The number of likely N-dealkylation sites (N-methyl/N-ethyl adjacent to an activating group) is 1. The summed E-state index contributed by atoms with van der Waals surface area (Å²) in [7, 11) is 5.14. The van der Waals surface area contributed by atoms with Gasteiger partial charge in [0, 0.05) is 19.2 Å². The predicted molar refractivity (Wildman–Crippen MR) is 65.5 cm³/mol. The van der Waals surface area contributed by atoms with Gasteiger partial charge in [-0.3, -0.25) is 4.79 Å². The number of rotatable bonds is 4. The molecule has 1 amide bonds. The van der Waals surface area contributed by atoms with Crippen LogP contribution in [0.2, 0.25) is 0 Å². The maximum atomic E-state index is 12.1. The molecule has 0 aliphatic carbocycles. The standard InChI is InChI=1S/C11H18N4O3/c1-12-8-6-18-5-7(8)11(16)13-9-4-10(17-3)15(2)14-9/h4,7-8,12H,5-6H2,1-3H3,(H,13,14,16). The SMILES string of the molecule is CNC1COCC1C(=O)Nc1cc(OC)n(C)n1. The van der Waals surface area contributed by atoms with E-state index in [0.29, 0.717) is 24.9 Å². The molecule has 100 valence electrons. The van der Waals surface area contributed by atoms with E-state index in [0.717, 1.165) is 0 Å². The number of aryl methyl sites for hydroxylation is 1. The van der Waals surface area contributed by atoms with Crippen molar-refractivity contribution in [1.29, 1.82) is 0 Å². The van der Waals surface area contributed by atoms with Crippen LogP contribution in [0, 0.1) is 5.92 Å². The van der Waals surface area contributed by atoms with E-state index in [1.54, 1.807) is 24.9 Å². The van der Waals surface area contributed by atoms with E-state index in [1.165, 1.54) is 0 Å². The molecular weight excluding hydrogens is 236 g/mol. The van der Waals surface area contributed by atoms with Crippen LogP contribution in [0.1, 0.15) is 0 Å². The number of carbonyl (C=O) groups is 1. The Morgan fingerprint density at radius 2 is 2.39 bits per heavy atom. The first-order valence-corrected chi connectivity index (χ1v) is 5.79. The van der Waals surface area contributed by atoms with Crippen LogP contribution in [0.25, 0.3) is 0 Å². The number of anilines is 1. The molecule has 2 heterocycles. The third-order valence-electron chi connectivity index (χ3n) is 3.09. The van der Waals surface area contributed by atoms with Crippen LogP contribution in [0.4, 0.5) is 5.82 Å². The van der Waals surface area contributed by atoms with Gasteiger partial charge in [-0.05, 0) is 7.05 Å². The fraction of sp³-hybridized carbons (Fsp3) is 0.636. The van der Waals surface area contributed by atoms with Gasteiger partial charge in [0.2, 0.25) is 11.8 Å². The molecule has 1 aliphatic heterocycles. The van der Waals surface area contributed by atoms with E-state index < -0.39 is 0 Å². The van der Waals surface area contributed by atoms with Crippen LogP contribution in [0.5, 0.6) is 5.88 Å². The second-order valence-electron chi connectivity index (χ2n) is 4.22. The van der Waals surface area contributed by atoms with Crippen molar-refractivity contribution < 1.29 is 14.3 Å². The van der Waals surface area contributed by atoms with Crippen LogP contribution in [0.3, 0.4) is 0 Å². The Morgan fingerprint density at radius 3 is 3.00 bits per heavy atom. The summed E-state index contributed by atoms with van der Waals surface area (Å²) in [5.41, 5.74) is 0. The molecular formula is C11H18N4O3. The summed E-state index contributed by atoms with van der Waals surface area (Å²) in [5, 5.41) is 9.99. The Labute approximate surface area is 105 Å². The van der Waals surface area contributed by atoms with Crippen LogP contribution >= 0.6 is 0 Å². The number of nitrogens with one attached hydrogen (secondary N) is 2. The van der Waals surface area contributed by atoms with Crippen molar-refractivity contribution in [3.8, 4) is 5.88 Å². The minimum atomic E-state index is -0.192. The Kier molecular flexibility index (Phi) is 3.83. The highest BCUT2D eigenvalue weighted by Crippen LogP contribution is 2.19. The molecule has 18 heavy (non-hydrogen) atoms. The number of nitrogens with zero attached hydrogens (tertiary/aromatic N) is 2. The molecule has 2 atom stereocenters. The smallest absolute Gasteiger partial charge is 0.232 e. The van der Waals surface area contributed by atoms with Crippen molar-refractivity contribution in [3.63, 3.8) is 0 Å². The highest BCUT2D eigenvalue weighted by molar-refractivity contribution is 5.92. The number of methoxy groups -OCH3 is 1. The minimum absolute atomic E-state index is 0.0515. The third kappa shape index (κ3) is 2.46. The molecule has 0 radical (unpaired) electrons. The monoisotopic (exact) mass is 254 g/mol. The van der Waals surface area contributed by atoms with Crippen molar-refractivity contribution in [1.82, 2.24) is 15.1 Å².